The number of phenolic OH excluding ortho intramolecular Hbond substituents is 1. The van der Waals surface area contributed by atoms with Crippen LogP contribution in [0.1, 0.15) is 47.8 Å². The molecule has 0 aliphatic rings. The Kier molecular flexibility index (Phi) is 6.48. The van der Waals surface area contributed by atoms with E-state index in [1.807, 2.05) is 26.8 Å². The average molecular weight is 439 g/mol. The molecule has 0 saturated carbocycles. The molecule has 0 unspecified atom stereocenters. The maximum absolute atomic E-state index is 12.9. The molecule has 138 valence electrons. The summed E-state index contributed by atoms with van der Waals surface area (Å²) in [5.41, 5.74) is 1.84. The summed E-state index contributed by atoms with van der Waals surface area (Å²) in [7, 11) is 0. The molecule has 2 aromatic rings. The number of rotatable bonds is 5. The Labute approximate surface area is 166 Å². The lowest BCUT2D eigenvalue weighted by Crippen LogP contribution is -2.24. The highest BCUT2D eigenvalue weighted by Gasteiger charge is 2.23. The van der Waals surface area contributed by atoms with Gasteiger partial charge in [0.25, 0.3) is 0 Å². The predicted molar refractivity (Wildman–Crippen MR) is 107 cm³/mol. The number of aromatic hydroxyl groups is 1. The first-order valence-corrected chi connectivity index (χ1v) is 9.45. The summed E-state index contributed by atoms with van der Waals surface area (Å²) in [5.74, 6) is -0.899. The monoisotopic (exact) mass is 437 g/mol. The molecule has 0 radical (unpaired) electrons. The number of phenols is 1. The third-order valence-corrected chi connectivity index (χ3v) is 4.77. The van der Waals surface area contributed by atoms with Crippen LogP contribution in [0.4, 0.5) is 0 Å². The number of carbonyl (C=O) groups excluding carboxylic acids is 2. The van der Waals surface area contributed by atoms with Crippen LogP contribution < -0.4 is 5.32 Å². The normalized spacial score (nSPS) is 11.3. The minimum absolute atomic E-state index is 0.0991. The smallest absolute Gasteiger partial charge is 0.235 e. The van der Waals surface area contributed by atoms with Gasteiger partial charge in [0.1, 0.15) is 11.6 Å². The van der Waals surface area contributed by atoms with Crippen molar-refractivity contribution in [2.75, 3.05) is 5.88 Å². The standard InChI is InChI=1S/C20H21BrClNO3/c1-20(2,3)14-8-13(11-23-17(24)10-22)19(26)16(9-14)18(25)12-4-6-15(21)7-5-12/h4-9,26H,10-11H2,1-3H3,(H,23,24). The Bertz CT molecular complexity index is 826. The lowest BCUT2D eigenvalue weighted by Gasteiger charge is -2.22. The van der Waals surface area contributed by atoms with Crippen LogP contribution in [0.25, 0.3) is 0 Å². The second-order valence-electron chi connectivity index (χ2n) is 7.03. The van der Waals surface area contributed by atoms with E-state index in [-0.39, 0.29) is 40.8 Å². The molecule has 1 amide bonds. The van der Waals surface area contributed by atoms with E-state index in [9.17, 15) is 14.7 Å². The highest BCUT2D eigenvalue weighted by atomic mass is 79.9. The Balaban J connectivity index is 2.51. The SMILES string of the molecule is CC(C)(C)c1cc(CNC(=O)CCl)c(O)c(C(=O)c2ccc(Br)cc2)c1. The van der Waals surface area contributed by atoms with Gasteiger partial charge >= 0.3 is 0 Å². The van der Waals surface area contributed by atoms with Crippen LogP contribution in [-0.4, -0.2) is 22.7 Å². The Hall–Kier alpha value is -1.85. The fourth-order valence-corrected chi connectivity index (χ4v) is 2.79. The van der Waals surface area contributed by atoms with Gasteiger partial charge in [0, 0.05) is 22.1 Å². The molecule has 0 saturated heterocycles. The molecule has 4 nitrogen and oxygen atoms in total. The first-order valence-electron chi connectivity index (χ1n) is 8.12. The summed E-state index contributed by atoms with van der Waals surface area (Å²) < 4.78 is 0.867. The number of ketones is 1. The Morgan fingerprint density at radius 1 is 1.15 bits per heavy atom. The summed E-state index contributed by atoms with van der Waals surface area (Å²) in [4.78, 5) is 24.4. The van der Waals surface area contributed by atoms with Crippen molar-refractivity contribution in [3.8, 4) is 5.75 Å². The second kappa shape index (κ2) is 8.23. The van der Waals surface area contributed by atoms with Crippen LogP contribution in [0.3, 0.4) is 0 Å². The summed E-state index contributed by atoms with van der Waals surface area (Å²) in [6.07, 6.45) is 0. The fraction of sp³-hybridized carbons (Fsp3) is 0.300. The van der Waals surface area contributed by atoms with E-state index >= 15 is 0 Å². The van der Waals surface area contributed by atoms with Gasteiger partial charge in [0.05, 0.1) is 5.56 Å². The molecule has 2 rings (SSSR count). The third kappa shape index (κ3) is 4.86. The molecule has 0 fully saturated rings. The van der Waals surface area contributed by atoms with Gasteiger partial charge in [-0.1, -0.05) is 36.7 Å². The van der Waals surface area contributed by atoms with Gasteiger partial charge in [-0.3, -0.25) is 9.59 Å². The van der Waals surface area contributed by atoms with E-state index in [0.717, 1.165) is 10.0 Å². The van der Waals surface area contributed by atoms with Crippen molar-refractivity contribution in [2.24, 2.45) is 0 Å². The summed E-state index contributed by atoms with van der Waals surface area (Å²) in [5, 5.41) is 13.3. The largest absolute Gasteiger partial charge is 0.507 e. The van der Waals surface area contributed by atoms with Crippen molar-refractivity contribution in [3.63, 3.8) is 0 Å². The molecule has 0 aliphatic carbocycles. The van der Waals surface area contributed by atoms with Gasteiger partial charge in [-0.2, -0.15) is 0 Å². The van der Waals surface area contributed by atoms with Crippen LogP contribution in [0.5, 0.6) is 5.75 Å². The van der Waals surface area contributed by atoms with Crippen molar-refractivity contribution < 1.29 is 14.7 Å². The molecule has 2 N–H and O–H groups in total. The Morgan fingerprint density at radius 2 is 1.77 bits per heavy atom. The zero-order chi connectivity index (χ0) is 19.5. The molecule has 0 atom stereocenters. The minimum Gasteiger partial charge on any atom is -0.507 e. The summed E-state index contributed by atoms with van der Waals surface area (Å²) >= 11 is 8.85. The summed E-state index contributed by atoms with van der Waals surface area (Å²) in [6.45, 7) is 6.17. The number of carbonyl (C=O) groups is 2. The number of hydrogen-bond donors (Lipinski definition) is 2. The second-order valence-corrected chi connectivity index (χ2v) is 8.21. The molecular formula is C20H21BrClNO3. The summed E-state index contributed by atoms with van der Waals surface area (Å²) in [6, 6.07) is 10.5. The maximum atomic E-state index is 12.9. The van der Waals surface area contributed by atoms with Crippen molar-refractivity contribution in [2.45, 2.75) is 32.7 Å². The molecule has 26 heavy (non-hydrogen) atoms. The topological polar surface area (TPSA) is 66.4 Å². The van der Waals surface area contributed by atoms with Crippen LogP contribution in [0, 0.1) is 0 Å². The van der Waals surface area contributed by atoms with E-state index in [1.54, 1.807) is 30.3 Å². The van der Waals surface area contributed by atoms with Gasteiger partial charge in [0.15, 0.2) is 5.78 Å². The van der Waals surface area contributed by atoms with Crippen LogP contribution in [-0.2, 0) is 16.8 Å². The van der Waals surface area contributed by atoms with Gasteiger partial charge in [-0.15, -0.1) is 11.6 Å². The molecule has 0 spiro atoms. The molecule has 0 aliphatic heterocycles. The van der Waals surface area contributed by atoms with Gasteiger partial charge in [-0.25, -0.2) is 0 Å². The number of benzene rings is 2. The van der Waals surface area contributed by atoms with Crippen LogP contribution >= 0.6 is 27.5 Å². The van der Waals surface area contributed by atoms with E-state index in [2.05, 4.69) is 21.2 Å². The minimum atomic E-state index is -0.340. The quantitative estimate of drug-likeness (QED) is 0.532. The molecule has 0 bridgehead atoms. The number of halogens is 2. The van der Waals surface area contributed by atoms with Gasteiger partial charge in [0.2, 0.25) is 5.91 Å². The van der Waals surface area contributed by atoms with Crippen molar-refractivity contribution >= 4 is 39.2 Å². The molecule has 0 heterocycles. The zero-order valence-electron chi connectivity index (χ0n) is 14.9. The van der Waals surface area contributed by atoms with Crippen molar-refractivity contribution in [3.05, 3.63) is 63.1 Å². The molecule has 2 aromatic carbocycles. The highest BCUT2D eigenvalue weighted by Crippen LogP contribution is 2.32. The third-order valence-electron chi connectivity index (χ3n) is 4.00. The fourth-order valence-electron chi connectivity index (χ4n) is 2.43. The number of hydrogen-bond acceptors (Lipinski definition) is 3. The molecule has 6 heteroatoms. The Morgan fingerprint density at radius 3 is 2.31 bits per heavy atom. The van der Waals surface area contributed by atoms with Crippen LogP contribution in [0.15, 0.2) is 40.9 Å². The number of amides is 1. The first kappa shape index (κ1) is 20.5. The highest BCUT2D eigenvalue weighted by molar-refractivity contribution is 9.10. The molecular weight excluding hydrogens is 418 g/mol. The zero-order valence-corrected chi connectivity index (χ0v) is 17.2. The van der Waals surface area contributed by atoms with E-state index in [0.29, 0.717) is 11.1 Å². The number of nitrogens with one attached hydrogen (secondary N) is 1. The average Bonchev–Trinajstić information content (AvgIpc) is 2.59. The lowest BCUT2D eigenvalue weighted by atomic mass is 9.83. The maximum Gasteiger partial charge on any atom is 0.235 e. The van der Waals surface area contributed by atoms with E-state index in [4.69, 9.17) is 11.6 Å². The lowest BCUT2D eigenvalue weighted by molar-refractivity contribution is -0.118. The first-order chi connectivity index (χ1) is 12.1. The van der Waals surface area contributed by atoms with Crippen molar-refractivity contribution in [1.82, 2.24) is 5.32 Å². The van der Waals surface area contributed by atoms with Crippen LogP contribution in [0.2, 0.25) is 0 Å². The van der Waals surface area contributed by atoms with E-state index < -0.39 is 0 Å². The predicted octanol–water partition coefficient (Wildman–Crippen LogP) is 4.54. The van der Waals surface area contributed by atoms with Gasteiger partial charge in [-0.05, 0) is 47.4 Å². The number of alkyl halides is 1. The van der Waals surface area contributed by atoms with Crippen molar-refractivity contribution in [1.29, 1.82) is 0 Å². The van der Waals surface area contributed by atoms with E-state index in [1.165, 1.54) is 0 Å². The van der Waals surface area contributed by atoms with Gasteiger partial charge < -0.3 is 10.4 Å². The molecule has 0 aromatic heterocycles.